The van der Waals surface area contributed by atoms with Crippen LogP contribution >= 0.6 is 0 Å². The van der Waals surface area contributed by atoms with Gasteiger partial charge in [0.2, 0.25) is 5.91 Å². The standard InChI is InChI=1S/C17H20FN3O/c1-2-17(22)21(15-6-7-15)12-16-19-8-9-20(16)11-13-4-3-5-14(18)10-13/h3-5,8-10,15H,2,6-7,11-12H2,1H3. The van der Waals surface area contributed by atoms with Gasteiger partial charge < -0.3 is 9.47 Å². The third-order valence-electron chi connectivity index (χ3n) is 3.97. The summed E-state index contributed by atoms with van der Waals surface area (Å²) in [7, 11) is 0. The molecule has 1 aromatic heterocycles. The lowest BCUT2D eigenvalue weighted by Crippen LogP contribution is -2.33. The highest BCUT2D eigenvalue weighted by atomic mass is 19.1. The molecule has 0 spiro atoms. The Labute approximate surface area is 129 Å². The molecule has 1 aliphatic carbocycles. The van der Waals surface area contributed by atoms with Crippen LogP contribution < -0.4 is 0 Å². The number of rotatable bonds is 6. The summed E-state index contributed by atoms with van der Waals surface area (Å²) in [6, 6.07) is 6.93. The van der Waals surface area contributed by atoms with Gasteiger partial charge >= 0.3 is 0 Å². The fraction of sp³-hybridized carbons (Fsp3) is 0.412. The van der Waals surface area contributed by atoms with Crippen molar-refractivity contribution in [2.75, 3.05) is 0 Å². The van der Waals surface area contributed by atoms with Crippen molar-refractivity contribution in [1.82, 2.24) is 14.5 Å². The summed E-state index contributed by atoms with van der Waals surface area (Å²) in [5.74, 6) is 0.778. The molecule has 1 amide bonds. The molecule has 116 valence electrons. The number of aromatic nitrogens is 2. The van der Waals surface area contributed by atoms with E-state index >= 15 is 0 Å². The van der Waals surface area contributed by atoms with Crippen molar-refractivity contribution in [1.29, 1.82) is 0 Å². The average Bonchev–Trinajstić information content (AvgIpc) is 3.26. The van der Waals surface area contributed by atoms with Crippen LogP contribution in [0.25, 0.3) is 0 Å². The molecule has 1 saturated carbocycles. The van der Waals surface area contributed by atoms with Crippen LogP contribution in [0.1, 0.15) is 37.6 Å². The molecule has 0 N–H and O–H groups in total. The van der Waals surface area contributed by atoms with Crippen LogP contribution in [0.5, 0.6) is 0 Å². The maximum Gasteiger partial charge on any atom is 0.222 e. The molecule has 1 heterocycles. The summed E-state index contributed by atoms with van der Waals surface area (Å²) in [4.78, 5) is 18.4. The van der Waals surface area contributed by atoms with E-state index in [9.17, 15) is 9.18 Å². The number of imidazole rings is 1. The molecular weight excluding hydrogens is 281 g/mol. The molecule has 22 heavy (non-hydrogen) atoms. The van der Waals surface area contributed by atoms with Gasteiger partial charge in [0.15, 0.2) is 0 Å². The number of hydrogen-bond donors (Lipinski definition) is 0. The van der Waals surface area contributed by atoms with E-state index in [1.165, 1.54) is 12.1 Å². The Balaban J connectivity index is 1.75. The van der Waals surface area contributed by atoms with Crippen molar-refractivity contribution in [3.63, 3.8) is 0 Å². The zero-order valence-corrected chi connectivity index (χ0v) is 12.7. The predicted molar refractivity (Wildman–Crippen MR) is 81.6 cm³/mol. The van der Waals surface area contributed by atoms with Crippen LogP contribution in [0, 0.1) is 5.82 Å². The second-order valence-corrected chi connectivity index (χ2v) is 5.71. The quantitative estimate of drug-likeness (QED) is 0.822. The first kappa shape index (κ1) is 14.8. The maximum atomic E-state index is 13.3. The third-order valence-corrected chi connectivity index (χ3v) is 3.97. The summed E-state index contributed by atoms with van der Waals surface area (Å²) in [5, 5.41) is 0. The second-order valence-electron chi connectivity index (χ2n) is 5.71. The molecule has 3 rings (SSSR count). The smallest absolute Gasteiger partial charge is 0.222 e. The lowest BCUT2D eigenvalue weighted by atomic mass is 10.2. The topological polar surface area (TPSA) is 38.1 Å². The third kappa shape index (κ3) is 3.35. The molecular formula is C17H20FN3O. The molecule has 0 bridgehead atoms. The molecule has 0 unspecified atom stereocenters. The Kier molecular flexibility index (Phi) is 4.22. The van der Waals surface area contributed by atoms with Gasteiger partial charge in [-0.1, -0.05) is 19.1 Å². The van der Waals surface area contributed by atoms with Crippen molar-refractivity contribution < 1.29 is 9.18 Å². The van der Waals surface area contributed by atoms with Gasteiger partial charge in [-0.3, -0.25) is 4.79 Å². The highest BCUT2D eigenvalue weighted by Gasteiger charge is 2.32. The summed E-state index contributed by atoms with van der Waals surface area (Å²) >= 11 is 0. The number of hydrogen-bond acceptors (Lipinski definition) is 2. The minimum atomic E-state index is -0.236. The van der Waals surface area contributed by atoms with Gasteiger partial charge in [-0.25, -0.2) is 9.37 Å². The minimum Gasteiger partial charge on any atom is -0.332 e. The molecule has 4 nitrogen and oxygen atoms in total. The van der Waals surface area contributed by atoms with Crippen molar-refractivity contribution >= 4 is 5.91 Å². The molecule has 2 aromatic rings. The predicted octanol–water partition coefficient (Wildman–Crippen LogP) is 2.97. The summed E-state index contributed by atoms with van der Waals surface area (Å²) in [6.45, 7) is 2.97. The van der Waals surface area contributed by atoms with Crippen molar-refractivity contribution in [3.05, 3.63) is 53.9 Å². The highest BCUT2D eigenvalue weighted by molar-refractivity contribution is 5.76. The molecule has 1 aliphatic rings. The van der Waals surface area contributed by atoms with Gasteiger partial charge in [0.1, 0.15) is 11.6 Å². The molecule has 0 saturated heterocycles. The fourth-order valence-corrected chi connectivity index (χ4v) is 2.63. The van der Waals surface area contributed by atoms with E-state index in [1.807, 2.05) is 28.7 Å². The Bertz CT molecular complexity index is 663. The lowest BCUT2D eigenvalue weighted by molar-refractivity contribution is -0.132. The first-order chi connectivity index (χ1) is 10.7. The first-order valence-electron chi connectivity index (χ1n) is 7.71. The number of nitrogens with zero attached hydrogens (tertiary/aromatic N) is 3. The first-order valence-corrected chi connectivity index (χ1v) is 7.71. The molecule has 5 heteroatoms. The fourth-order valence-electron chi connectivity index (χ4n) is 2.63. The summed E-state index contributed by atoms with van der Waals surface area (Å²) in [6.07, 6.45) is 6.28. The molecule has 0 atom stereocenters. The van der Waals surface area contributed by atoms with Crippen LogP contribution in [-0.4, -0.2) is 26.4 Å². The number of halogens is 1. The van der Waals surface area contributed by atoms with Crippen molar-refractivity contribution in [2.24, 2.45) is 0 Å². The SMILES string of the molecule is CCC(=O)N(Cc1nccn1Cc1cccc(F)c1)C1CC1. The van der Waals surface area contributed by atoms with E-state index in [0.29, 0.717) is 25.6 Å². The van der Waals surface area contributed by atoms with E-state index < -0.39 is 0 Å². The van der Waals surface area contributed by atoms with E-state index in [0.717, 1.165) is 24.2 Å². The largest absolute Gasteiger partial charge is 0.332 e. The van der Waals surface area contributed by atoms with Crippen LogP contribution in [0.3, 0.4) is 0 Å². The van der Waals surface area contributed by atoms with E-state index in [1.54, 1.807) is 12.3 Å². The van der Waals surface area contributed by atoms with Gasteiger partial charge in [0.05, 0.1) is 6.54 Å². The zero-order chi connectivity index (χ0) is 15.5. The maximum absolute atomic E-state index is 13.3. The Hall–Kier alpha value is -2.17. The van der Waals surface area contributed by atoms with Crippen LogP contribution in [0.15, 0.2) is 36.7 Å². The van der Waals surface area contributed by atoms with E-state index in [2.05, 4.69) is 4.98 Å². The number of benzene rings is 1. The minimum absolute atomic E-state index is 0.169. The molecule has 0 aliphatic heterocycles. The van der Waals surface area contributed by atoms with Crippen molar-refractivity contribution in [3.8, 4) is 0 Å². The zero-order valence-electron chi connectivity index (χ0n) is 12.7. The van der Waals surface area contributed by atoms with Crippen LogP contribution in [0.4, 0.5) is 4.39 Å². The number of amides is 1. The summed E-state index contributed by atoms with van der Waals surface area (Å²) in [5.41, 5.74) is 0.888. The van der Waals surface area contributed by atoms with Crippen molar-refractivity contribution in [2.45, 2.75) is 45.3 Å². The van der Waals surface area contributed by atoms with E-state index in [4.69, 9.17) is 0 Å². The lowest BCUT2D eigenvalue weighted by Gasteiger charge is -2.22. The Morgan fingerprint density at radius 1 is 1.45 bits per heavy atom. The van der Waals surface area contributed by atoms with Gasteiger partial charge in [-0.2, -0.15) is 0 Å². The van der Waals surface area contributed by atoms with E-state index in [-0.39, 0.29) is 11.7 Å². The monoisotopic (exact) mass is 301 g/mol. The number of carbonyl (C=O) groups excluding carboxylic acids is 1. The Morgan fingerprint density at radius 2 is 2.27 bits per heavy atom. The molecule has 1 aromatic carbocycles. The molecule has 1 fully saturated rings. The van der Waals surface area contributed by atoms with Gasteiger partial charge in [0, 0.05) is 31.4 Å². The summed E-state index contributed by atoms with van der Waals surface area (Å²) < 4.78 is 15.3. The molecule has 0 radical (unpaired) electrons. The Morgan fingerprint density at radius 3 is 2.95 bits per heavy atom. The van der Waals surface area contributed by atoms with Crippen LogP contribution in [-0.2, 0) is 17.9 Å². The van der Waals surface area contributed by atoms with Gasteiger partial charge in [-0.05, 0) is 30.5 Å². The number of carbonyl (C=O) groups is 1. The van der Waals surface area contributed by atoms with Crippen LogP contribution in [0.2, 0.25) is 0 Å². The second kappa shape index (κ2) is 6.30. The normalized spacial score (nSPS) is 14.1. The average molecular weight is 301 g/mol. The van der Waals surface area contributed by atoms with Gasteiger partial charge in [0.25, 0.3) is 0 Å². The van der Waals surface area contributed by atoms with Gasteiger partial charge in [-0.15, -0.1) is 0 Å². The highest BCUT2D eigenvalue weighted by Crippen LogP contribution is 2.28.